The topological polar surface area (TPSA) is 61.8 Å². The third kappa shape index (κ3) is 4.83. The van der Waals surface area contributed by atoms with E-state index in [1.165, 1.54) is 12.8 Å². The minimum Gasteiger partial charge on any atom is -0.451 e. The van der Waals surface area contributed by atoms with Crippen LogP contribution in [0.15, 0.2) is 30.7 Å². The molecule has 2 aromatic rings. The van der Waals surface area contributed by atoms with Gasteiger partial charge in [0, 0.05) is 30.6 Å². The van der Waals surface area contributed by atoms with Gasteiger partial charge in [-0.3, -0.25) is 4.79 Å². The number of carbonyl (C=O) groups is 1. The number of piperidine rings is 1. The lowest BCUT2D eigenvalue weighted by molar-refractivity contribution is 0.0641. The van der Waals surface area contributed by atoms with Gasteiger partial charge in [0.2, 0.25) is 0 Å². The van der Waals surface area contributed by atoms with Crippen molar-refractivity contribution in [2.45, 2.75) is 59.5 Å². The van der Waals surface area contributed by atoms with E-state index in [-0.39, 0.29) is 18.0 Å². The number of aryl methyl sites for hydroxylation is 1. The molecule has 0 aliphatic carbocycles. The Kier molecular flexibility index (Phi) is 6.61. The normalized spacial score (nSPS) is 18.0. The van der Waals surface area contributed by atoms with Gasteiger partial charge in [0.25, 0.3) is 5.91 Å². The predicted molar refractivity (Wildman–Crippen MR) is 131 cm³/mol. The van der Waals surface area contributed by atoms with Crippen molar-refractivity contribution in [2.75, 3.05) is 38.1 Å². The van der Waals surface area contributed by atoms with Crippen LogP contribution in [-0.2, 0) is 0 Å². The number of rotatable bonds is 6. The Morgan fingerprint density at radius 1 is 1.09 bits per heavy atom. The second kappa shape index (κ2) is 9.29. The summed E-state index contributed by atoms with van der Waals surface area (Å²) in [4.78, 5) is 28.9. The number of hydrogen-bond donors (Lipinski definition) is 0. The molecule has 33 heavy (non-hydrogen) atoms. The van der Waals surface area contributed by atoms with Crippen LogP contribution in [0.4, 0.5) is 5.82 Å². The highest BCUT2D eigenvalue weighted by atomic mass is 16.5. The molecule has 3 heterocycles. The number of benzene rings is 1. The molecule has 2 aliphatic rings. The van der Waals surface area contributed by atoms with Crippen molar-refractivity contribution < 1.29 is 9.53 Å². The summed E-state index contributed by atoms with van der Waals surface area (Å²) in [7, 11) is 2.19. The standard InChI is InChI=1S/C26H37N5O2/c1-18(2)31(19(3)4)25(32)21-13-20(5)7-8-22(21)33-23-14-27-17-28-24(23)30-15-26(16-30)9-11-29(6)12-10-26/h7-8,13-14,17-19H,9-12,15-16H2,1-6H3. The minimum atomic E-state index is -0.0219. The zero-order valence-electron chi connectivity index (χ0n) is 20.8. The second-order valence-corrected chi connectivity index (χ2v) is 10.4. The lowest BCUT2D eigenvalue weighted by Crippen LogP contribution is -2.60. The second-order valence-electron chi connectivity index (χ2n) is 10.4. The first-order chi connectivity index (χ1) is 15.7. The molecule has 1 aromatic carbocycles. The van der Waals surface area contributed by atoms with Gasteiger partial charge in [-0.25, -0.2) is 9.97 Å². The Hall–Kier alpha value is -2.67. The number of nitrogens with zero attached hydrogens (tertiary/aromatic N) is 5. The summed E-state index contributed by atoms with van der Waals surface area (Å²) in [5.41, 5.74) is 1.98. The molecule has 0 bridgehead atoms. The average molecular weight is 452 g/mol. The van der Waals surface area contributed by atoms with Crippen molar-refractivity contribution in [2.24, 2.45) is 5.41 Å². The van der Waals surface area contributed by atoms with Crippen LogP contribution in [0.3, 0.4) is 0 Å². The molecule has 1 spiro atoms. The zero-order chi connectivity index (χ0) is 23.8. The van der Waals surface area contributed by atoms with Crippen molar-refractivity contribution in [1.29, 1.82) is 0 Å². The average Bonchev–Trinajstić information content (AvgIpc) is 2.74. The van der Waals surface area contributed by atoms with Crippen LogP contribution in [0.25, 0.3) is 0 Å². The largest absolute Gasteiger partial charge is 0.451 e. The predicted octanol–water partition coefficient (Wildman–Crippen LogP) is 4.37. The monoisotopic (exact) mass is 451 g/mol. The first-order valence-corrected chi connectivity index (χ1v) is 12.0. The van der Waals surface area contributed by atoms with Crippen LogP contribution in [0.5, 0.6) is 11.5 Å². The Balaban J connectivity index is 1.58. The molecule has 2 saturated heterocycles. The minimum absolute atomic E-state index is 0.0219. The van der Waals surface area contributed by atoms with E-state index in [0.717, 1.165) is 37.6 Å². The van der Waals surface area contributed by atoms with Gasteiger partial charge < -0.3 is 19.4 Å². The lowest BCUT2D eigenvalue weighted by Gasteiger charge is -2.54. The number of aromatic nitrogens is 2. The Morgan fingerprint density at radius 2 is 1.76 bits per heavy atom. The lowest BCUT2D eigenvalue weighted by atomic mass is 9.72. The first kappa shape index (κ1) is 23.5. The summed E-state index contributed by atoms with van der Waals surface area (Å²) in [5, 5.41) is 0. The summed E-state index contributed by atoms with van der Waals surface area (Å²) in [5.74, 6) is 1.92. The fourth-order valence-electron chi connectivity index (χ4n) is 5.16. The highest BCUT2D eigenvalue weighted by Crippen LogP contribution is 2.44. The van der Waals surface area contributed by atoms with Gasteiger partial charge >= 0.3 is 0 Å². The molecule has 178 valence electrons. The molecule has 0 unspecified atom stereocenters. The number of hydrogen-bond acceptors (Lipinski definition) is 6. The SMILES string of the molecule is Cc1ccc(Oc2cncnc2N2CC3(CCN(C)CC3)C2)c(C(=O)N(C(C)C)C(C)C)c1. The molecule has 1 amide bonds. The van der Waals surface area contributed by atoms with E-state index in [1.54, 1.807) is 12.5 Å². The smallest absolute Gasteiger partial charge is 0.258 e. The van der Waals surface area contributed by atoms with Crippen molar-refractivity contribution in [3.8, 4) is 11.5 Å². The van der Waals surface area contributed by atoms with E-state index in [2.05, 4.69) is 26.8 Å². The van der Waals surface area contributed by atoms with Gasteiger partial charge in [0.05, 0.1) is 11.8 Å². The highest BCUT2D eigenvalue weighted by molar-refractivity contribution is 5.97. The van der Waals surface area contributed by atoms with Gasteiger partial charge in [-0.05, 0) is 79.7 Å². The Bertz CT molecular complexity index is 982. The summed E-state index contributed by atoms with van der Waals surface area (Å²) >= 11 is 0. The molecular formula is C26H37N5O2. The molecule has 0 N–H and O–H groups in total. The molecule has 2 fully saturated rings. The Labute approximate surface area is 197 Å². The van der Waals surface area contributed by atoms with Crippen molar-refractivity contribution >= 4 is 11.7 Å². The third-order valence-corrected chi connectivity index (χ3v) is 6.99. The van der Waals surface area contributed by atoms with E-state index in [0.29, 0.717) is 22.5 Å². The van der Waals surface area contributed by atoms with Crippen molar-refractivity contribution in [3.05, 3.63) is 41.9 Å². The summed E-state index contributed by atoms with van der Waals surface area (Å²) in [6.45, 7) is 14.4. The summed E-state index contributed by atoms with van der Waals surface area (Å²) < 4.78 is 6.35. The van der Waals surface area contributed by atoms with Crippen LogP contribution < -0.4 is 9.64 Å². The fourth-order valence-corrected chi connectivity index (χ4v) is 5.16. The van der Waals surface area contributed by atoms with Crippen LogP contribution in [-0.4, -0.2) is 71.0 Å². The quantitative estimate of drug-likeness (QED) is 0.650. The molecule has 1 aromatic heterocycles. The molecule has 4 rings (SSSR count). The maximum atomic E-state index is 13.5. The van der Waals surface area contributed by atoms with Gasteiger partial charge in [-0.2, -0.15) is 0 Å². The summed E-state index contributed by atoms with van der Waals surface area (Å²) in [6.07, 6.45) is 5.72. The maximum absolute atomic E-state index is 13.5. The zero-order valence-corrected chi connectivity index (χ0v) is 20.8. The number of ether oxygens (including phenoxy) is 1. The first-order valence-electron chi connectivity index (χ1n) is 12.0. The van der Waals surface area contributed by atoms with Gasteiger partial charge in [0.1, 0.15) is 12.1 Å². The van der Waals surface area contributed by atoms with Gasteiger partial charge in [-0.1, -0.05) is 11.6 Å². The molecular weight excluding hydrogens is 414 g/mol. The van der Waals surface area contributed by atoms with E-state index in [4.69, 9.17) is 4.74 Å². The number of anilines is 1. The molecule has 0 saturated carbocycles. The van der Waals surface area contributed by atoms with Crippen LogP contribution >= 0.6 is 0 Å². The van der Waals surface area contributed by atoms with Crippen molar-refractivity contribution in [1.82, 2.24) is 19.8 Å². The number of likely N-dealkylation sites (tertiary alicyclic amines) is 1. The van der Waals surface area contributed by atoms with Crippen LogP contribution in [0.2, 0.25) is 0 Å². The van der Waals surface area contributed by atoms with Gasteiger partial charge in [-0.15, -0.1) is 0 Å². The maximum Gasteiger partial charge on any atom is 0.258 e. The van der Waals surface area contributed by atoms with Crippen LogP contribution in [0.1, 0.15) is 56.5 Å². The van der Waals surface area contributed by atoms with E-state index in [9.17, 15) is 4.79 Å². The molecule has 2 aliphatic heterocycles. The van der Waals surface area contributed by atoms with Crippen LogP contribution in [0, 0.1) is 12.3 Å². The molecule has 7 heteroatoms. The molecule has 0 atom stereocenters. The highest BCUT2D eigenvalue weighted by Gasteiger charge is 2.45. The fraction of sp³-hybridized carbons (Fsp3) is 0.577. The van der Waals surface area contributed by atoms with Crippen molar-refractivity contribution in [3.63, 3.8) is 0 Å². The van der Waals surface area contributed by atoms with Gasteiger partial charge in [0.15, 0.2) is 11.6 Å². The van der Waals surface area contributed by atoms with E-state index < -0.39 is 0 Å². The summed E-state index contributed by atoms with van der Waals surface area (Å²) in [6, 6.07) is 5.95. The molecule has 7 nitrogen and oxygen atoms in total. The third-order valence-electron chi connectivity index (χ3n) is 6.99. The van der Waals surface area contributed by atoms with E-state index >= 15 is 0 Å². The molecule has 0 radical (unpaired) electrons. The number of amides is 1. The number of carbonyl (C=O) groups excluding carboxylic acids is 1. The van der Waals surface area contributed by atoms with E-state index in [1.807, 2.05) is 57.7 Å². The Morgan fingerprint density at radius 3 is 2.39 bits per heavy atom.